The summed E-state index contributed by atoms with van der Waals surface area (Å²) in [6.07, 6.45) is 0.155. The molecule has 0 aromatic heterocycles. The molecule has 0 spiro atoms. The van der Waals surface area contributed by atoms with Gasteiger partial charge in [0.05, 0.1) is 17.3 Å². The molecule has 1 heterocycles. The molecule has 0 bridgehead atoms. The number of fused-ring (bicyclic) bond motifs is 1. The van der Waals surface area contributed by atoms with Crippen molar-refractivity contribution < 1.29 is 14.7 Å². The zero-order valence-electron chi connectivity index (χ0n) is 14.1. The lowest BCUT2D eigenvalue weighted by Gasteiger charge is -2.19. The van der Waals surface area contributed by atoms with Crippen molar-refractivity contribution in [3.63, 3.8) is 0 Å². The third-order valence-corrected chi connectivity index (χ3v) is 4.72. The minimum atomic E-state index is -0.457. The van der Waals surface area contributed by atoms with E-state index in [4.69, 9.17) is 0 Å². The van der Waals surface area contributed by atoms with Gasteiger partial charge in [0, 0.05) is 18.4 Å². The van der Waals surface area contributed by atoms with Crippen LogP contribution in [-0.2, 0) is 9.59 Å². The number of nitrogens with zero attached hydrogens (tertiary/aromatic N) is 1. The van der Waals surface area contributed by atoms with Crippen LogP contribution in [0.1, 0.15) is 6.42 Å². The van der Waals surface area contributed by atoms with E-state index in [2.05, 4.69) is 5.32 Å². The Labute approximate surface area is 150 Å². The fraction of sp³-hybridized carbons (Fsp3) is 0.143. The van der Waals surface area contributed by atoms with Gasteiger partial charge in [-0.05, 0) is 23.6 Å². The highest BCUT2D eigenvalue weighted by Gasteiger charge is 2.35. The van der Waals surface area contributed by atoms with Crippen LogP contribution >= 0.6 is 0 Å². The highest BCUT2D eigenvalue weighted by Crippen LogP contribution is 2.32. The number of amides is 2. The van der Waals surface area contributed by atoms with Crippen LogP contribution in [0.4, 0.5) is 11.4 Å². The van der Waals surface area contributed by atoms with Crippen molar-refractivity contribution in [2.75, 3.05) is 16.8 Å². The van der Waals surface area contributed by atoms with Crippen molar-refractivity contribution in [1.82, 2.24) is 0 Å². The van der Waals surface area contributed by atoms with Crippen molar-refractivity contribution in [3.05, 3.63) is 66.7 Å². The lowest BCUT2D eigenvalue weighted by molar-refractivity contribution is -0.122. The summed E-state index contributed by atoms with van der Waals surface area (Å²) in [5.41, 5.74) is 1.18. The van der Waals surface area contributed by atoms with Crippen LogP contribution in [0.15, 0.2) is 66.7 Å². The normalized spacial score (nSPS) is 16.8. The molecular weight excluding hydrogens is 328 g/mol. The lowest BCUT2D eigenvalue weighted by Crippen LogP contribution is -2.28. The first-order valence-electron chi connectivity index (χ1n) is 8.50. The third-order valence-electron chi connectivity index (χ3n) is 4.72. The summed E-state index contributed by atoms with van der Waals surface area (Å²) in [6.45, 7) is 0.326. The summed E-state index contributed by atoms with van der Waals surface area (Å²) in [6, 6.07) is 20.3. The number of aromatic hydroxyl groups is 1. The van der Waals surface area contributed by atoms with E-state index in [1.54, 1.807) is 23.1 Å². The number of rotatable bonds is 3. The molecule has 1 saturated heterocycles. The Morgan fingerprint density at radius 2 is 1.73 bits per heavy atom. The van der Waals surface area contributed by atoms with Crippen LogP contribution in [0.3, 0.4) is 0 Å². The number of phenols is 1. The van der Waals surface area contributed by atoms with E-state index < -0.39 is 5.92 Å². The van der Waals surface area contributed by atoms with Gasteiger partial charge in [0.15, 0.2) is 0 Å². The topological polar surface area (TPSA) is 69.6 Å². The molecule has 1 atom stereocenters. The summed E-state index contributed by atoms with van der Waals surface area (Å²) >= 11 is 0. The molecule has 3 aromatic rings. The SMILES string of the molecule is O=C(Nc1ccccc1O)C1CC(=O)N(c2cccc3ccccc23)C1. The largest absolute Gasteiger partial charge is 0.506 e. The Balaban J connectivity index is 1.57. The van der Waals surface area contributed by atoms with Crippen LogP contribution in [0.5, 0.6) is 5.75 Å². The van der Waals surface area contributed by atoms with Gasteiger partial charge in [0.2, 0.25) is 11.8 Å². The molecule has 5 nitrogen and oxygen atoms in total. The number of phenolic OH excluding ortho intramolecular Hbond substituents is 1. The summed E-state index contributed by atoms with van der Waals surface area (Å²) in [5.74, 6) is -0.779. The maximum atomic E-state index is 12.6. The molecule has 130 valence electrons. The van der Waals surface area contributed by atoms with Crippen molar-refractivity contribution in [2.45, 2.75) is 6.42 Å². The molecule has 5 heteroatoms. The van der Waals surface area contributed by atoms with Crippen molar-refractivity contribution in [2.24, 2.45) is 5.92 Å². The summed E-state index contributed by atoms with van der Waals surface area (Å²) < 4.78 is 0. The number of hydrogen-bond acceptors (Lipinski definition) is 3. The Hall–Kier alpha value is -3.34. The van der Waals surface area contributed by atoms with Gasteiger partial charge >= 0.3 is 0 Å². The highest BCUT2D eigenvalue weighted by atomic mass is 16.3. The van der Waals surface area contributed by atoms with Crippen LogP contribution in [0.2, 0.25) is 0 Å². The minimum Gasteiger partial charge on any atom is -0.506 e. The number of hydrogen-bond donors (Lipinski definition) is 2. The smallest absolute Gasteiger partial charge is 0.229 e. The minimum absolute atomic E-state index is 0.0103. The van der Waals surface area contributed by atoms with Crippen LogP contribution < -0.4 is 10.2 Å². The lowest BCUT2D eigenvalue weighted by atomic mass is 10.1. The Kier molecular flexibility index (Phi) is 4.05. The van der Waals surface area contributed by atoms with Gasteiger partial charge < -0.3 is 15.3 Å². The number of benzene rings is 3. The van der Waals surface area contributed by atoms with E-state index in [9.17, 15) is 14.7 Å². The molecular formula is C21H18N2O3. The van der Waals surface area contributed by atoms with E-state index in [0.29, 0.717) is 12.2 Å². The van der Waals surface area contributed by atoms with Gasteiger partial charge in [-0.1, -0.05) is 48.5 Å². The molecule has 1 unspecified atom stereocenters. The molecule has 0 radical (unpaired) electrons. The average molecular weight is 346 g/mol. The Morgan fingerprint density at radius 1 is 1.00 bits per heavy atom. The van der Waals surface area contributed by atoms with Gasteiger partial charge in [-0.25, -0.2) is 0 Å². The molecule has 2 N–H and O–H groups in total. The first-order valence-corrected chi connectivity index (χ1v) is 8.50. The van der Waals surface area contributed by atoms with Crippen molar-refractivity contribution in [3.8, 4) is 5.75 Å². The molecule has 4 rings (SSSR count). The molecule has 26 heavy (non-hydrogen) atoms. The van der Waals surface area contributed by atoms with Crippen LogP contribution in [-0.4, -0.2) is 23.5 Å². The number of carbonyl (C=O) groups is 2. The molecule has 2 amide bonds. The van der Waals surface area contributed by atoms with E-state index in [1.165, 1.54) is 6.07 Å². The molecule has 1 aliphatic rings. The quantitative estimate of drug-likeness (QED) is 0.713. The number of anilines is 2. The second-order valence-corrected chi connectivity index (χ2v) is 6.41. The predicted octanol–water partition coefficient (Wildman–Crippen LogP) is 3.54. The van der Waals surface area contributed by atoms with Gasteiger partial charge in [-0.2, -0.15) is 0 Å². The summed E-state index contributed by atoms with van der Waals surface area (Å²) in [7, 11) is 0. The van der Waals surface area contributed by atoms with E-state index in [-0.39, 0.29) is 24.0 Å². The zero-order chi connectivity index (χ0) is 18.1. The fourth-order valence-electron chi connectivity index (χ4n) is 3.37. The number of nitrogens with one attached hydrogen (secondary N) is 1. The predicted molar refractivity (Wildman–Crippen MR) is 101 cm³/mol. The number of para-hydroxylation sites is 2. The van der Waals surface area contributed by atoms with Gasteiger partial charge in [0.25, 0.3) is 0 Å². The van der Waals surface area contributed by atoms with Crippen LogP contribution in [0.25, 0.3) is 10.8 Å². The standard InChI is InChI=1S/C21H18N2O3/c24-19-11-4-3-9-17(19)22-21(26)15-12-20(25)23(13-15)18-10-5-7-14-6-1-2-8-16(14)18/h1-11,15,24H,12-13H2,(H,22,26). The van der Waals surface area contributed by atoms with Gasteiger partial charge in [0.1, 0.15) is 5.75 Å². The maximum absolute atomic E-state index is 12.6. The second kappa shape index (κ2) is 6.52. The first-order chi connectivity index (χ1) is 12.6. The fourth-order valence-corrected chi connectivity index (χ4v) is 3.37. The van der Waals surface area contributed by atoms with Crippen molar-refractivity contribution >= 4 is 34.0 Å². The van der Waals surface area contributed by atoms with E-state index in [1.807, 2.05) is 42.5 Å². The highest BCUT2D eigenvalue weighted by molar-refractivity contribution is 6.08. The second-order valence-electron chi connectivity index (χ2n) is 6.41. The van der Waals surface area contributed by atoms with Gasteiger partial charge in [-0.15, -0.1) is 0 Å². The Morgan fingerprint density at radius 3 is 2.58 bits per heavy atom. The Bertz CT molecular complexity index is 994. The molecule has 0 aliphatic carbocycles. The monoisotopic (exact) mass is 346 g/mol. The van der Waals surface area contributed by atoms with Crippen LogP contribution in [0, 0.1) is 5.92 Å². The first kappa shape index (κ1) is 16.1. The summed E-state index contributed by atoms with van der Waals surface area (Å²) in [5, 5.41) is 14.6. The molecule has 0 saturated carbocycles. The number of carbonyl (C=O) groups excluding carboxylic acids is 2. The third kappa shape index (κ3) is 2.88. The molecule has 3 aromatic carbocycles. The van der Waals surface area contributed by atoms with E-state index in [0.717, 1.165) is 16.5 Å². The van der Waals surface area contributed by atoms with Crippen molar-refractivity contribution in [1.29, 1.82) is 0 Å². The zero-order valence-corrected chi connectivity index (χ0v) is 14.1. The molecule has 1 fully saturated rings. The summed E-state index contributed by atoms with van der Waals surface area (Å²) in [4.78, 5) is 26.8. The average Bonchev–Trinajstić information content (AvgIpc) is 3.05. The van der Waals surface area contributed by atoms with E-state index >= 15 is 0 Å². The molecule has 1 aliphatic heterocycles. The maximum Gasteiger partial charge on any atom is 0.229 e. The van der Waals surface area contributed by atoms with Gasteiger partial charge in [-0.3, -0.25) is 9.59 Å².